The highest BCUT2D eigenvalue weighted by Gasteiger charge is 2.20. The summed E-state index contributed by atoms with van der Waals surface area (Å²) in [7, 11) is 0. The van der Waals surface area contributed by atoms with Crippen LogP contribution < -0.4 is 10.1 Å². The van der Waals surface area contributed by atoms with E-state index in [1.165, 1.54) is 17.3 Å². The molecule has 1 unspecified atom stereocenters. The highest BCUT2D eigenvalue weighted by molar-refractivity contribution is 7.99. The van der Waals surface area contributed by atoms with Crippen molar-refractivity contribution in [3.63, 3.8) is 0 Å². The third-order valence-corrected chi connectivity index (χ3v) is 7.30. The van der Waals surface area contributed by atoms with Gasteiger partial charge in [0.25, 0.3) is 0 Å². The van der Waals surface area contributed by atoms with Crippen molar-refractivity contribution < 1.29 is 9.53 Å². The zero-order valence-corrected chi connectivity index (χ0v) is 20.9. The van der Waals surface area contributed by atoms with Crippen LogP contribution in [0.25, 0.3) is 0 Å². The predicted octanol–water partition coefficient (Wildman–Crippen LogP) is 5.50. The van der Waals surface area contributed by atoms with Gasteiger partial charge in [-0.15, -0.1) is 21.5 Å². The van der Waals surface area contributed by atoms with Gasteiger partial charge in [-0.25, -0.2) is 0 Å². The number of aromatic nitrogens is 3. The van der Waals surface area contributed by atoms with Gasteiger partial charge < -0.3 is 10.1 Å². The number of amides is 1. The van der Waals surface area contributed by atoms with Gasteiger partial charge in [-0.3, -0.25) is 9.36 Å². The summed E-state index contributed by atoms with van der Waals surface area (Å²) >= 11 is 3.02. The molecular weight excluding hydrogens is 464 g/mol. The molecule has 2 aromatic carbocycles. The molecule has 0 fully saturated rings. The quantitative estimate of drug-likeness (QED) is 0.280. The molecule has 0 spiro atoms. The number of hydrogen-bond donors (Lipinski definition) is 1. The number of carbonyl (C=O) groups is 1. The third-order valence-electron chi connectivity index (χ3n) is 5.48. The average Bonchev–Trinajstić information content (AvgIpc) is 3.55. The molecule has 2 heterocycles. The monoisotopic (exact) mass is 492 g/mol. The van der Waals surface area contributed by atoms with Gasteiger partial charge in [0.1, 0.15) is 12.4 Å². The van der Waals surface area contributed by atoms with E-state index in [1.807, 2.05) is 47.8 Å². The van der Waals surface area contributed by atoms with Crippen LogP contribution >= 0.6 is 23.1 Å². The fourth-order valence-electron chi connectivity index (χ4n) is 3.52. The summed E-state index contributed by atoms with van der Waals surface area (Å²) < 4.78 is 8.09. The number of aryl methyl sites for hydroxylation is 1. The highest BCUT2D eigenvalue weighted by atomic mass is 32.2. The lowest BCUT2D eigenvalue weighted by molar-refractivity contribution is -0.118. The van der Waals surface area contributed by atoms with Crippen LogP contribution in [0, 0.1) is 0 Å². The molecule has 0 bridgehead atoms. The SMILES string of the molecule is CCc1ccc(OCc2nnc(SCC(=O)NCc3cccs3)n2C(C)c2ccccc2)cc1. The Balaban J connectivity index is 1.47. The normalized spacial score (nSPS) is 11.8. The Kier molecular flexibility index (Phi) is 8.38. The standard InChI is InChI=1S/C26H28N4O2S2/c1-3-20-11-13-22(14-12-20)32-17-24-28-29-26(30(24)19(2)21-8-5-4-6-9-21)34-18-25(31)27-16-23-10-7-15-33-23/h4-15,19H,3,16-18H2,1-2H3,(H,27,31). The van der Waals surface area contributed by atoms with E-state index in [4.69, 9.17) is 4.74 Å². The first-order chi connectivity index (χ1) is 16.6. The van der Waals surface area contributed by atoms with Crippen molar-refractivity contribution in [3.8, 4) is 5.75 Å². The van der Waals surface area contributed by atoms with Crippen LogP contribution in [-0.4, -0.2) is 26.4 Å². The van der Waals surface area contributed by atoms with Gasteiger partial charge in [0.15, 0.2) is 11.0 Å². The summed E-state index contributed by atoms with van der Waals surface area (Å²) in [6, 6.07) is 22.3. The molecule has 1 N–H and O–H groups in total. The van der Waals surface area contributed by atoms with E-state index in [9.17, 15) is 4.79 Å². The van der Waals surface area contributed by atoms with E-state index in [0.29, 0.717) is 18.3 Å². The van der Waals surface area contributed by atoms with Crippen molar-refractivity contribution in [3.05, 3.63) is 93.9 Å². The van der Waals surface area contributed by atoms with E-state index in [0.717, 1.165) is 28.4 Å². The maximum Gasteiger partial charge on any atom is 0.230 e. The molecule has 0 aliphatic rings. The summed E-state index contributed by atoms with van der Waals surface area (Å²) in [4.78, 5) is 13.6. The molecule has 0 aliphatic heterocycles. The van der Waals surface area contributed by atoms with Crippen molar-refractivity contribution in [2.45, 2.75) is 44.6 Å². The van der Waals surface area contributed by atoms with E-state index in [2.05, 4.69) is 58.2 Å². The molecule has 0 saturated carbocycles. The molecule has 6 nitrogen and oxygen atoms in total. The molecule has 176 valence electrons. The van der Waals surface area contributed by atoms with Crippen LogP contribution in [0.3, 0.4) is 0 Å². The minimum atomic E-state index is -0.0332. The fraction of sp³-hybridized carbons (Fsp3) is 0.269. The van der Waals surface area contributed by atoms with E-state index in [1.54, 1.807) is 11.3 Å². The molecule has 2 aromatic heterocycles. The van der Waals surface area contributed by atoms with Crippen LogP contribution in [0.15, 0.2) is 77.3 Å². The summed E-state index contributed by atoms with van der Waals surface area (Å²) in [5, 5.41) is 14.5. The van der Waals surface area contributed by atoms with Crippen molar-refractivity contribution in [1.29, 1.82) is 0 Å². The van der Waals surface area contributed by atoms with Gasteiger partial charge in [0.05, 0.1) is 18.3 Å². The van der Waals surface area contributed by atoms with Crippen molar-refractivity contribution in [2.75, 3.05) is 5.75 Å². The first-order valence-corrected chi connectivity index (χ1v) is 13.1. The highest BCUT2D eigenvalue weighted by Crippen LogP contribution is 2.27. The Labute approximate surface area is 208 Å². The molecule has 34 heavy (non-hydrogen) atoms. The number of ether oxygens (including phenoxy) is 1. The second-order valence-corrected chi connectivity index (χ2v) is 9.76. The second-order valence-electron chi connectivity index (χ2n) is 7.79. The molecule has 1 atom stereocenters. The topological polar surface area (TPSA) is 69.0 Å². The summed E-state index contributed by atoms with van der Waals surface area (Å²) in [6.07, 6.45) is 0.991. The summed E-state index contributed by atoms with van der Waals surface area (Å²) in [5.41, 5.74) is 2.41. The van der Waals surface area contributed by atoms with Crippen molar-refractivity contribution >= 4 is 29.0 Å². The predicted molar refractivity (Wildman–Crippen MR) is 137 cm³/mol. The number of nitrogens with one attached hydrogen (secondary N) is 1. The van der Waals surface area contributed by atoms with Gasteiger partial charge in [0.2, 0.25) is 5.91 Å². The number of carbonyl (C=O) groups excluding carboxylic acids is 1. The zero-order valence-electron chi connectivity index (χ0n) is 19.3. The summed E-state index contributed by atoms with van der Waals surface area (Å²) in [6.45, 7) is 5.07. The van der Waals surface area contributed by atoms with Gasteiger partial charge in [0, 0.05) is 4.88 Å². The van der Waals surface area contributed by atoms with Crippen LogP contribution in [0.4, 0.5) is 0 Å². The fourth-order valence-corrected chi connectivity index (χ4v) is 5.03. The smallest absolute Gasteiger partial charge is 0.230 e. The Bertz CT molecular complexity index is 1180. The first kappa shape index (κ1) is 24.0. The van der Waals surface area contributed by atoms with E-state index in [-0.39, 0.29) is 17.7 Å². The molecule has 4 rings (SSSR count). The molecule has 0 saturated heterocycles. The lowest BCUT2D eigenvalue weighted by atomic mass is 10.1. The Morgan fingerprint density at radius 1 is 1.09 bits per heavy atom. The number of rotatable bonds is 11. The van der Waals surface area contributed by atoms with Crippen molar-refractivity contribution in [1.82, 2.24) is 20.1 Å². The minimum absolute atomic E-state index is 0.00560. The molecule has 0 aliphatic carbocycles. The lowest BCUT2D eigenvalue weighted by Crippen LogP contribution is -2.24. The molecule has 4 aromatic rings. The molecule has 8 heteroatoms. The maximum atomic E-state index is 12.4. The van der Waals surface area contributed by atoms with Gasteiger partial charge >= 0.3 is 0 Å². The Morgan fingerprint density at radius 3 is 2.59 bits per heavy atom. The first-order valence-electron chi connectivity index (χ1n) is 11.3. The largest absolute Gasteiger partial charge is 0.486 e. The van der Waals surface area contributed by atoms with Crippen LogP contribution in [0.5, 0.6) is 5.75 Å². The Morgan fingerprint density at radius 2 is 1.88 bits per heavy atom. The molecule has 0 radical (unpaired) electrons. The van der Waals surface area contributed by atoms with Crippen molar-refractivity contribution in [2.24, 2.45) is 0 Å². The van der Waals surface area contributed by atoms with E-state index >= 15 is 0 Å². The Hall–Kier alpha value is -3.10. The second kappa shape index (κ2) is 11.9. The van der Waals surface area contributed by atoms with E-state index < -0.39 is 0 Å². The third kappa shape index (κ3) is 6.27. The van der Waals surface area contributed by atoms with Crippen LogP contribution in [0.1, 0.15) is 41.7 Å². The minimum Gasteiger partial charge on any atom is -0.486 e. The zero-order chi connectivity index (χ0) is 23.8. The molecule has 1 amide bonds. The van der Waals surface area contributed by atoms with Gasteiger partial charge in [-0.05, 0) is 48.1 Å². The molecular formula is C26H28N4O2S2. The lowest BCUT2D eigenvalue weighted by Gasteiger charge is -2.18. The number of thioether (sulfide) groups is 1. The van der Waals surface area contributed by atoms with Gasteiger partial charge in [-0.1, -0.05) is 67.2 Å². The summed E-state index contributed by atoms with van der Waals surface area (Å²) in [5.74, 6) is 1.75. The number of nitrogens with zero attached hydrogens (tertiary/aromatic N) is 3. The van der Waals surface area contributed by atoms with Crippen LogP contribution in [-0.2, 0) is 24.4 Å². The number of thiophene rings is 1. The van der Waals surface area contributed by atoms with Gasteiger partial charge in [-0.2, -0.15) is 0 Å². The maximum absolute atomic E-state index is 12.4. The number of hydrogen-bond acceptors (Lipinski definition) is 6. The number of benzene rings is 2. The van der Waals surface area contributed by atoms with Crippen LogP contribution in [0.2, 0.25) is 0 Å². The average molecular weight is 493 g/mol.